The molecular formula is C20H18F3N3O3. The van der Waals surface area contributed by atoms with Gasteiger partial charge in [-0.2, -0.15) is 18.3 Å². The fourth-order valence-corrected chi connectivity index (χ4v) is 2.82. The van der Waals surface area contributed by atoms with Crippen molar-refractivity contribution >= 4 is 11.6 Å². The van der Waals surface area contributed by atoms with Crippen molar-refractivity contribution in [1.29, 1.82) is 0 Å². The number of hydrogen-bond acceptors (Lipinski definition) is 4. The maximum absolute atomic E-state index is 13.0. The maximum atomic E-state index is 13.0. The number of methoxy groups -OCH3 is 2. The van der Waals surface area contributed by atoms with Crippen LogP contribution < -0.4 is 14.8 Å². The summed E-state index contributed by atoms with van der Waals surface area (Å²) in [5.41, 5.74) is 0.530. The smallest absolute Gasteiger partial charge is 0.416 e. The minimum Gasteiger partial charge on any atom is -0.493 e. The average Bonchev–Trinajstić information content (AvgIpc) is 3.08. The zero-order valence-electron chi connectivity index (χ0n) is 15.9. The first-order valence-electron chi connectivity index (χ1n) is 8.50. The summed E-state index contributed by atoms with van der Waals surface area (Å²) < 4.78 is 50.5. The van der Waals surface area contributed by atoms with Crippen molar-refractivity contribution < 1.29 is 27.4 Å². The molecule has 0 aliphatic heterocycles. The minimum atomic E-state index is -4.47. The predicted molar refractivity (Wildman–Crippen MR) is 101 cm³/mol. The van der Waals surface area contributed by atoms with Gasteiger partial charge in [-0.15, -0.1) is 0 Å². The Hall–Kier alpha value is -3.49. The second kappa shape index (κ2) is 7.86. The van der Waals surface area contributed by atoms with Gasteiger partial charge in [0.15, 0.2) is 11.5 Å². The molecule has 0 radical (unpaired) electrons. The van der Waals surface area contributed by atoms with Crippen molar-refractivity contribution in [1.82, 2.24) is 9.78 Å². The summed E-state index contributed by atoms with van der Waals surface area (Å²) in [6.07, 6.45) is -3.16. The molecule has 2 aromatic carbocycles. The van der Waals surface area contributed by atoms with E-state index in [4.69, 9.17) is 9.47 Å². The Morgan fingerprint density at radius 2 is 1.79 bits per heavy atom. The molecule has 6 nitrogen and oxygen atoms in total. The van der Waals surface area contributed by atoms with Crippen LogP contribution in [0.5, 0.6) is 11.5 Å². The summed E-state index contributed by atoms with van der Waals surface area (Å²) >= 11 is 0. The topological polar surface area (TPSA) is 65.4 Å². The third-order valence-electron chi connectivity index (χ3n) is 4.31. The molecule has 1 N–H and O–H groups in total. The Morgan fingerprint density at radius 3 is 2.45 bits per heavy atom. The van der Waals surface area contributed by atoms with Gasteiger partial charge in [0, 0.05) is 11.8 Å². The molecule has 0 saturated carbocycles. The first-order valence-corrected chi connectivity index (χ1v) is 8.50. The molecule has 152 valence electrons. The van der Waals surface area contributed by atoms with Crippen LogP contribution in [0.4, 0.5) is 18.9 Å². The molecule has 0 spiro atoms. The number of nitrogens with one attached hydrogen (secondary N) is 1. The highest BCUT2D eigenvalue weighted by atomic mass is 19.4. The largest absolute Gasteiger partial charge is 0.493 e. The summed E-state index contributed by atoms with van der Waals surface area (Å²) in [6, 6.07) is 9.64. The first-order chi connectivity index (χ1) is 13.7. The van der Waals surface area contributed by atoms with Gasteiger partial charge in [-0.1, -0.05) is 6.07 Å². The van der Waals surface area contributed by atoms with Crippen molar-refractivity contribution in [3.63, 3.8) is 0 Å². The number of aromatic nitrogens is 2. The predicted octanol–water partition coefficient (Wildman–Crippen LogP) is 4.47. The van der Waals surface area contributed by atoms with Crippen LogP contribution in [0.15, 0.2) is 48.7 Å². The van der Waals surface area contributed by atoms with E-state index in [1.165, 1.54) is 37.2 Å². The lowest BCUT2D eigenvalue weighted by atomic mass is 10.2. The van der Waals surface area contributed by atoms with Crippen LogP contribution >= 0.6 is 0 Å². The Bertz CT molecular complexity index is 1040. The maximum Gasteiger partial charge on any atom is 0.416 e. The fraction of sp³-hybridized carbons (Fsp3) is 0.200. The van der Waals surface area contributed by atoms with E-state index in [0.29, 0.717) is 22.9 Å². The summed E-state index contributed by atoms with van der Waals surface area (Å²) in [5.74, 6) is 0.508. The molecule has 0 aliphatic carbocycles. The molecule has 0 bridgehead atoms. The van der Waals surface area contributed by atoms with Gasteiger partial charge in [0.05, 0.1) is 42.9 Å². The zero-order chi connectivity index (χ0) is 21.2. The van der Waals surface area contributed by atoms with E-state index in [1.54, 1.807) is 25.1 Å². The van der Waals surface area contributed by atoms with Crippen LogP contribution in [0.25, 0.3) is 5.69 Å². The Kier molecular flexibility index (Phi) is 5.49. The molecule has 9 heteroatoms. The van der Waals surface area contributed by atoms with Gasteiger partial charge in [0.1, 0.15) is 0 Å². The highest BCUT2D eigenvalue weighted by molar-refractivity contribution is 6.05. The molecule has 1 amide bonds. The van der Waals surface area contributed by atoms with Gasteiger partial charge in [0.2, 0.25) is 0 Å². The van der Waals surface area contributed by atoms with Crippen LogP contribution in [-0.2, 0) is 6.18 Å². The van der Waals surface area contributed by atoms with Crippen molar-refractivity contribution in [2.45, 2.75) is 13.1 Å². The molecule has 3 rings (SSSR count). The third-order valence-corrected chi connectivity index (χ3v) is 4.31. The molecule has 1 aromatic heterocycles. The number of alkyl halides is 3. The van der Waals surface area contributed by atoms with Crippen molar-refractivity contribution in [2.24, 2.45) is 0 Å². The molecule has 0 unspecified atom stereocenters. The number of benzene rings is 2. The van der Waals surface area contributed by atoms with Crippen LogP contribution in [0, 0.1) is 6.92 Å². The molecular weight excluding hydrogens is 387 g/mol. The van der Waals surface area contributed by atoms with E-state index in [9.17, 15) is 18.0 Å². The molecule has 0 aliphatic rings. The molecule has 0 fully saturated rings. The van der Waals surface area contributed by atoms with Crippen molar-refractivity contribution in [3.8, 4) is 17.2 Å². The van der Waals surface area contributed by atoms with Crippen molar-refractivity contribution in [2.75, 3.05) is 19.5 Å². The van der Waals surface area contributed by atoms with Crippen LogP contribution in [0.3, 0.4) is 0 Å². The standard InChI is InChI=1S/C20H18F3N3O3/c1-12-16(19(27)25-14-7-8-17(28-2)18(10-14)29-3)11-24-26(12)15-6-4-5-13(9-15)20(21,22)23/h4-11H,1-3H3,(H,25,27). The van der Waals surface area contributed by atoms with Gasteiger partial charge in [0.25, 0.3) is 5.91 Å². The molecule has 0 atom stereocenters. The Balaban J connectivity index is 1.87. The Labute approximate surface area is 164 Å². The number of halogens is 3. The highest BCUT2D eigenvalue weighted by Gasteiger charge is 2.30. The minimum absolute atomic E-state index is 0.211. The number of amides is 1. The number of carbonyl (C=O) groups is 1. The van der Waals surface area contributed by atoms with E-state index in [-0.39, 0.29) is 11.3 Å². The number of nitrogens with zero attached hydrogens (tertiary/aromatic N) is 2. The van der Waals surface area contributed by atoms with Gasteiger partial charge in [-0.25, -0.2) is 4.68 Å². The van der Waals surface area contributed by atoms with E-state index < -0.39 is 17.6 Å². The zero-order valence-corrected chi connectivity index (χ0v) is 15.9. The SMILES string of the molecule is COc1ccc(NC(=O)c2cnn(-c3cccc(C(F)(F)F)c3)c2C)cc1OC. The number of rotatable bonds is 5. The molecule has 0 saturated heterocycles. The summed E-state index contributed by atoms with van der Waals surface area (Å²) in [5, 5.41) is 6.79. The van der Waals surface area contributed by atoms with E-state index >= 15 is 0 Å². The van der Waals surface area contributed by atoms with E-state index in [2.05, 4.69) is 10.4 Å². The summed E-state index contributed by atoms with van der Waals surface area (Å²) in [7, 11) is 2.98. The molecule has 1 heterocycles. The van der Waals surface area contributed by atoms with Crippen molar-refractivity contribution in [3.05, 3.63) is 65.5 Å². The summed E-state index contributed by atoms with van der Waals surface area (Å²) in [6.45, 7) is 1.61. The van der Waals surface area contributed by atoms with Crippen LogP contribution in [-0.4, -0.2) is 29.9 Å². The van der Waals surface area contributed by atoms with Gasteiger partial charge in [-0.05, 0) is 37.3 Å². The second-order valence-electron chi connectivity index (χ2n) is 6.13. The third kappa shape index (κ3) is 4.18. The fourth-order valence-electron chi connectivity index (χ4n) is 2.82. The summed E-state index contributed by atoms with van der Waals surface area (Å²) in [4.78, 5) is 12.6. The van der Waals surface area contributed by atoms with Crippen LogP contribution in [0.2, 0.25) is 0 Å². The first kappa shape index (κ1) is 20.2. The van der Waals surface area contributed by atoms with Gasteiger partial charge < -0.3 is 14.8 Å². The lowest BCUT2D eigenvalue weighted by molar-refractivity contribution is -0.137. The van der Waals surface area contributed by atoms with E-state index in [1.807, 2.05) is 0 Å². The average molecular weight is 405 g/mol. The quantitative estimate of drug-likeness (QED) is 0.680. The lowest BCUT2D eigenvalue weighted by Crippen LogP contribution is -2.13. The Morgan fingerprint density at radius 1 is 1.07 bits per heavy atom. The number of ether oxygens (including phenoxy) is 2. The molecule has 29 heavy (non-hydrogen) atoms. The number of carbonyl (C=O) groups excluding carboxylic acids is 1. The van der Waals surface area contributed by atoms with Crippen LogP contribution in [0.1, 0.15) is 21.6 Å². The second-order valence-corrected chi connectivity index (χ2v) is 6.13. The highest BCUT2D eigenvalue weighted by Crippen LogP contribution is 2.31. The molecule has 3 aromatic rings. The number of anilines is 1. The van der Waals surface area contributed by atoms with Gasteiger partial charge in [-0.3, -0.25) is 4.79 Å². The van der Waals surface area contributed by atoms with Gasteiger partial charge >= 0.3 is 6.18 Å². The van der Waals surface area contributed by atoms with E-state index in [0.717, 1.165) is 12.1 Å². The number of hydrogen-bond donors (Lipinski definition) is 1. The normalized spacial score (nSPS) is 11.2. The lowest BCUT2D eigenvalue weighted by Gasteiger charge is -2.11. The monoisotopic (exact) mass is 405 g/mol.